The van der Waals surface area contributed by atoms with Gasteiger partial charge < -0.3 is 5.32 Å². The number of thioether (sulfide) groups is 1. The van der Waals surface area contributed by atoms with Crippen LogP contribution < -0.4 is 5.32 Å². The highest BCUT2D eigenvalue weighted by molar-refractivity contribution is 8.26. The minimum atomic E-state index is -0.353. The Hall–Kier alpha value is -2.06. The number of carbonyl (C=O) groups is 1. The van der Waals surface area contributed by atoms with Gasteiger partial charge in [0.1, 0.15) is 15.8 Å². The highest BCUT2D eigenvalue weighted by Gasteiger charge is 2.22. The van der Waals surface area contributed by atoms with Gasteiger partial charge >= 0.3 is 0 Å². The van der Waals surface area contributed by atoms with Gasteiger partial charge in [0.25, 0.3) is 5.91 Å². The maximum atomic E-state index is 13.1. The Morgan fingerprint density at radius 3 is 3.00 bits per heavy atom. The van der Waals surface area contributed by atoms with Crippen LogP contribution in [-0.4, -0.2) is 25.2 Å². The smallest absolute Gasteiger partial charge is 0.263 e. The molecule has 1 aromatic carbocycles. The molecule has 3 rings (SSSR count). The van der Waals surface area contributed by atoms with Crippen LogP contribution in [0.15, 0.2) is 35.4 Å². The topological polar surface area (TPSA) is 59.8 Å². The van der Waals surface area contributed by atoms with E-state index in [1.165, 1.54) is 28.6 Å². The quantitative estimate of drug-likeness (QED) is 0.678. The summed E-state index contributed by atoms with van der Waals surface area (Å²) in [6.07, 6.45) is 3.19. The fraction of sp³-hybridized carbons (Fsp3) is 0. The number of nitrogens with zero attached hydrogens (tertiary/aromatic N) is 3. The molecule has 0 unspecified atom stereocenters. The molecule has 0 saturated carbocycles. The standard InChI is InChI=1S/C12H7FN4OS2/c13-7-2-1-3-9(4-7)17-6-8(15-16-17)5-10-11(18)14-12(19)20-10/h1-6H,(H,14,18,19)/b10-5-. The lowest BCUT2D eigenvalue weighted by Gasteiger charge is -1.98. The zero-order valence-electron chi connectivity index (χ0n) is 9.91. The molecule has 2 heterocycles. The second-order valence-electron chi connectivity index (χ2n) is 3.92. The lowest BCUT2D eigenvalue weighted by atomic mass is 10.3. The van der Waals surface area contributed by atoms with Crippen LogP contribution in [-0.2, 0) is 4.79 Å². The van der Waals surface area contributed by atoms with Gasteiger partial charge in [-0.1, -0.05) is 35.3 Å². The van der Waals surface area contributed by atoms with Crippen LogP contribution >= 0.6 is 24.0 Å². The number of rotatable bonds is 2. The molecule has 20 heavy (non-hydrogen) atoms. The zero-order chi connectivity index (χ0) is 14.1. The van der Waals surface area contributed by atoms with Crippen molar-refractivity contribution in [3.63, 3.8) is 0 Å². The molecule has 0 bridgehead atoms. The first kappa shape index (κ1) is 12.9. The van der Waals surface area contributed by atoms with Gasteiger partial charge in [-0.2, -0.15) is 0 Å². The Bertz CT molecular complexity index is 741. The predicted octanol–water partition coefficient (Wildman–Crippen LogP) is 1.90. The third-order valence-electron chi connectivity index (χ3n) is 2.50. The minimum absolute atomic E-state index is 0.250. The normalized spacial score (nSPS) is 16.8. The van der Waals surface area contributed by atoms with Gasteiger partial charge in [-0.15, -0.1) is 5.10 Å². The molecule has 1 saturated heterocycles. The second kappa shape index (κ2) is 5.14. The number of halogens is 1. The highest BCUT2D eigenvalue weighted by Crippen LogP contribution is 2.25. The van der Waals surface area contributed by atoms with E-state index in [-0.39, 0.29) is 11.7 Å². The van der Waals surface area contributed by atoms with Crippen LogP contribution in [0.25, 0.3) is 11.8 Å². The van der Waals surface area contributed by atoms with E-state index in [9.17, 15) is 9.18 Å². The minimum Gasteiger partial charge on any atom is -0.307 e. The Labute approximate surface area is 122 Å². The van der Waals surface area contributed by atoms with Crippen LogP contribution in [0.5, 0.6) is 0 Å². The van der Waals surface area contributed by atoms with Crippen molar-refractivity contribution in [2.24, 2.45) is 0 Å². The molecule has 1 aromatic heterocycles. The van der Waals surface area contributed by atoms with Crippen LogP contribution in [0.3, 0.4) is 0 Å². The molecular weight excluding hydrogens is 299 g/mol. The summed E-state index contributed by atoms with van der Waals surface area (Å²) in [5, 5.41) is 10.3. The van der Waals surface area contributed by atoms with E-state index in [4.69, 9.17) is 12.2 Å². The van der Waals surface area contributed by atoms with Gasteiger partial charge in [0.2, 0.25) is 0 Å². The number of aromatic nitrogens is 3. The average molecular weight is 306 g/mol. The van der Waals surface area contributed by atoms with E-state index in [0.29, 0.717) is 20.6 Å². The van der Waals surface area contributed by atoms with Crippen molar-refractivity contribution in [1.82, 2.24) is 20.3 Å². The monoisotopic (exact) mass is 306 g/mol. The lowest BCUT2D eigenvalue weighted by Crippen LogP contribution is -2.17. The van der Waals surface area contributed by atoms with Crippen molar-refractivity contribution >= 4 is 40.3 Å². The molecule has 8 heteroatoms. The number of nitrogens with one attached hydrogen (secondary N) is 1. The van der Waals surface area contributed by atoms with E-state index >= 15 is 0 Å². The molecule has 1 aliphatic heterocycles. The van der Waals surface area contributed by atoms with Gasteiger partial charge in [-0.05, 0) is 24.3 Å². The van der Waals surface area contributed by atoms with Gasteiger partial charge in [0.15, 0.2) is 0 Å². The van der Waals surface area contributed by atoms with Crippen LogP contribution in [0.2, 0.25) is 0 Å². The molecule has 1 fully saturated rings. The van der Waals surface area contributed by atoms with Crippen LogP contribution in [0.1, 0.15) is 5.69 Å². The van der Waals surface area contributed by atoms with Crippen molar-refractivity contribution in [2.75, 3.05) is 0 Å². The summed E-state index contributed by atoms with van der Waals surface area (Å²) in [6.45, 7) is 0. The van der Waals surface area contributed by atoms with Crippen molar-refractivity contribution in [2.45, 2.75) is 0 Å². The van der Waals surface area contributed by atoms with Crippen molar-refractivity contribution < 1.29 is 9.18 Å². The molecule has 0 spiro atoms. The largest absolute Gasteiger partial charge is 0.307 e. The number of amides is 1. The molecule has 0 aliphatic carbocycles. The summed E-state index contributed by atoms with van der Waals surface area (Å²) in [6, 6.07) is 5.99. The van der Waals surface area contributed by atoms with Gasteiger partial charge in [0.05, 0.1) is 16.8 Å². The summed E-state index contributed by atoms with van der Waals surface area (Å²) in [5.41, 5.74) is 1.05. The molecule has 1 N–H and O–H groups in total. The Kier molecular flexibility index (Phi) is 3.33. The first-order valence-corrected chi connectivity index (χ1v) is 6.77. The summed E-state index contributed by atoms with van der Waals surface area (Å²) >= 11 is 6.06. The number of benzene rings is 1. The lowest BCUT2D eigenvalue weighted by molar-refractivity contribution is -0.115. The fourth-order valence-electron chi connectivity index (χ4n) is 1.64. The third-order valence-corrected chi connectivity index (χ3v) is 3.67. The van der Waals surface area contributed by atoms with Crippen molar-refractivity contribution in [3.8, 4) is 5.69 Å². The van der Waals surface area contributed by atoms with Crippen molar-refractivity contribution in [1.29, 1.82) is 0 Å². The van der Waals surface area contributed by atoms with Crippen LogP contribution in [0.4, 0.5) is 4.39 Å². The van der Waals surface area contributed by atoms with Crippen molar-refractivity contribution in [3.05, 3.63) is 46.9 Å². The summed E-state index contributed by atoms with van der Waals surface area (Å²) in [4.78, 5) is 12.0. The van der Waals surface area contributed by atoms with E-state index in [2.05, 4.69) is 15.6 Å². The summed E-state index contributed by atoms with van der Waals surface area (Å²) in [7, 11) is 0. The molecule has 1 amide bonds. The number of thiocarbonyl (C=S) groups is 1. The van der Waals surface area contributed by atoms with E-state index in [1.807, 2.05) is 0 Å². The summed E-state index contributed by atoms with van der Waals surface area (Å²) < 4.78 is 15.0. The van der Waals surface area contributed by atoms with E-state index in [1.54, 1.807) is 24.4 Å². The number of hydrogen-bond donors (Lipinski definition) is 1. The molecule has 1 aliphatic rings. The van der Waals surface area contributed by atoms with E-state index < -0.39 is 0 Å². The molecule has 0 radical (unpaired) electrons. The SMILES string of the molecule is O=C1NC(=S)S/C1=C\c1cn(-c2cccc(F)c2)nn1. The Balaban J connectivity index is 1.89. The molecular formula is C12H7FN4OS2. The Morgan fingerprint density at radius 2 is 2.30 bits per heavy atom. The summed E-state index contributed by atoms with van der Waals surface area (Å²) in [5.74, 6) is -0.603. The average Bonchev–Trinajstić information content (AvgIpc) is 2.97. The van der Waals surface area contributed by atoms with Gasteiger partial charge in [-0.25, -0.2) is 9.07 Å². The first-order chi connectivity index (χ1) is 9.61. The van der Waals surface area contributed by atoms with Gasteiger partial charge in [0, 0.05) is 0 Å². The maximum absolute atomic E-state index is 13.1. The highest BCUT2D eigenvalue weighted by atomic mass is 32.2. The second-order valence-corrected chi connectivity index (χ2v) is 5.64. The van der Waals surface area contributed by atoms with Gasteiger partial charge in [-0.3, -0.25) is 4.79 Å². The molecule has 100 valence electrons. The molecule has 5 nitrogen and oxygen atoms in total. The van der Waals surface area contributed by atoms with Crippen LogP contribution in [0, 0.1) is 5.82 Å². The first-order valence-electron chi connectivity index (χ1n) is 5.55. The fourth-order valence-corrected chi connectivity index (χ4v) is 2.67. The maximum Gasteiger partial charge on any atom is 0.263 e. The Morgan fingerprint density at radius 1 is 1.45 bits per heavy atom. The number of hydrogen-bond acceptors (Lipinski definition) is 5. The van der Waals surface area contributed by atoms with E-state index in [0.717, 1.165) is 0 Å². The molecule has 0 atom stereocenters. The third kappa shape index (κ3) is 2.61. The number of carbonyl (C=O) groups excluding carboxylic acids is 1. The predicted molar refractivity (Wildman–Crippen MR) is 77.6 cm³/mol. The zero-order valence-corrected chi connectivity index (χ0v) is 11.5. The molecule has 2 aromatic rings.